The van der Waals surface area contributed by atoms with Gasteiger partial charge in [0.2, 0.25) is 0 Å². The van der Waals surface area contributed by atoms with Crippen molar-refractivity contribution in [3.05, 3.63) is 96.1 Å². The second-order valence-electron chi connectivity index (χ2n) is 7.17. The van der Waals surface area contributed by atoms with Gasteiger partial charge in [0.05, 0.1) is 0 Å². The normalized spacial score (nSPS) is 15.6. The van der Waals surface area contributed by atoms with Crippen molar-refractivity contribution in [1.29, 1.82) is 0 Å². The summed E-state index contributed by atoms with van der Waals surface area (Å²) in [6.45, 7) is 0. The summed E-state index contributed by atoms with van der Waals surface area (Å²) in [4.78, 5) is 2.59. The Kier molecular flexibility index (Phi) is 3.21. The van der Waals surface area contributed by atoms with Gasteiger partial charge in [-0.1, -0.05) is 24.3 Å². The lowest BCUT2D eigenvalue weighted by Gasteiger charge is -2.36. The maximum Gasteiger partial charge on any atom is 0.124 e. The topological polar surface area (TPSA) is 0 Å². The number of halogens is 4. The van der Waals surface area contributed by atoms with Crippen LogP contribution in [-0.2, 0) is 0 Å². The highest BCUT2D eigenvalue weighted by atomic mass is 32.3. The Morgan fingerprint density at radius 1 is 0.379 bits per heavy atom. The van der Waals surface area contributed by atoms with Crippen LogP contribution in [-0.4, -0.2) is 0 Å². The summed E-state index contributed by atoms with van der Waals surface area (Å²) in [7, 11) is -2.41. The van der Waals surface area contributed by atoms with Crippen LogP contribution in [0.4, 0.5) is 17.6 Å². The van der Waals surface area contributed by atoms with E-state index >= 15 is 0 Å². The highest BCUT2D eigenvalue weighted by Gasteiger charge is 2.48. The van der Waals surface area contributed by atoms with Crippen LogP contribution in [0.5, 0.6) is 0 Å². The number of rotatable bonds is 0. The molecule has 0 aromatic heterocycles. The van der Waals surface area contributed by atoms with Gasteiger partial charge in [0.1, 0.15) is 23.3 Å². The van der Waals surface area contributed by atoms with E-state index in [1.54, 1.807) is 24.3 Å². The smallest absolute Gasteiger partial charge is 0.124 e. The Bertz CT molecular complexity index is 1150. The number of benzene rings is 4. The van der Waals surface area contributed by atoms with Gasteiger partial charge in [-0.05, 0) is 70.8 Å². The molecule has 0 fully saturated rings. The summed E-state index contributed by atoms with van der Waals surface area (Å²) in [5.74, 6) is -1.75. The van der Waals surface area contributed by atoms with Crippen molar-refractivity contribution in [1.82, 2.24) is 0 Å². The first-order valence-corrected chi connectivity index (χ1v) is 10.7. The van der Waals surface area contributed by atoms with Crippen molar-refractivity contribution in [3.63, 3.8) is 0 Å². The molecule has 0 aliphatic carbocycles. The molecule has 0 amide bonds. The first-order chi connectivity index (χ1) is 14.0. The maximum atomic E-state index is 14.4. The number of fused-ring (bicyclic) bond motifs is 10. The lowest BCUT2D eigenvalue weighted by molar-refractivity contribution is 0.624. The molecule has 0 saturated heterocycles. The first kappa shape index (κ1) is 16.9. The van der Waals surface area contributed by atoms with E-state index in [0.717, 1.165) is 22.3 Å². The second-order valence-corrected chi connectivity index (χ2v) is 10.2. The van der Waals surface area contributed by atoms with Crippen LogP contribution in [0.25, 0.3) is 22.3 Å². The van der Waals surface area contributed by atoms with Crippen molar-refractivity contribution in [2.45, 2.75) is 19.6 Å². The Hall–Kier alpha value is -3.05. The number of hydrogen-bond donors (Lipinski definition) is 0. The summed E-state index contributed by atoms with van der Waals surface area (Å²) in [6, 6.07) is 17.8. The minimum absolute atomic E-state index is 0.438. The Morgan fingerprint density at radius 3 is 0.862 bits per heavy atom. The maximum absolute atomic E-state index is 14.4. The van der Waals surface area contributed by atoms with E-state index in [-0.39, 0.29) is 0 Å². The monoisotopic (exact) mass is 408 g/mol. The second kappa shape index (κ2) is 5.51. The van der Waals surface area contributed by atoms with Crippen molar-refractivity contribution in [2.24, 2.45) is 0 Å². The average Bonchev–Trinajstić information content (AvgIpc) is 3.13. The van der Waals surface area contributed by atoms with Gasteiger partial charge in [0.15, 0.2) is 0 Å². The zero-order chi connectivity index (χ0) is 19.9. The molecule has 0 saturated carbocycles. The molecule has 0 bridgehead atoms. The SMILES string of the molecule is Fc1ccc2c(c1)S1(c3cc(F)ccc3-2)c2cc(F)ccc2-c2ccc(F)cc21. The van der Waals surface area contributed by atoms with Crippen LogP contribution >= 0.6 is 10.0 Å². The summed E-state index contributed by atoms with van der Waals surface area (Å²) < 4.78 is 57.6. The summed E-state index contributed by atoms with van der Waals surface area (Å²) >= 11 is 0. The lowest BCUT2D eigenvalue weighted by Crippen LogP contribution is -1.99. The van der Waals surface area contributed by atoms with Crippen molar-refractivity contribution in [2.75, 3.05) is 0 Å². The van der Waals surface area contributed by atoms with E-state index < -0.39 is 33.3 Å². The predicted molar refractivity (Wildman–Crippen MR) is 104 cm³/mol. The van der Waals surface area contributed by atoms with Crippen LogP contribution in [0.1, 0.15) is 0 Å². The molecule has 6 rings (SSSR count). The van der Waals surface area contributed by atoms with Gasteiger partial charge in [0.25, 0.3) is 0 Å². The molecule has 4 aromatic carbocycles. The Morgan fingerprint density at radius 2 is 0.621 bits per heavy atom. The Balaban J connectivity index is 1.88. The largest absolute Gasteiger partial charge is 0.207 e. The molecular weight excluding hydrogens is 396 g/mol. The zero-order valence-corrected chi connectivity index (χ0v) is 15.7. The van der Waals surface area contributed by atoms with Gasteiger partial charge >= 0.3 is 0 Å². The molecule has 0 radical (unpaired) electrons. The van der Waals surface area contributed by atoms with Crippen LogP contribution in [0.15, 0.2) is 92.4 Å². The molecule has 2 aliphatic heterocycles. The van der Waals surface area contributed by atoms with Gasteiger partial charge in [-0.25, -0.2) is 17.6 Å². The molecule has 2 aliphatic rings. The molecule has 0 N–H and O–H groups in total. The zero-order valence-electron chi connectivity index (χ0n) is 14.8. The van der Waals surface area contributed by atoms with E-state index in [1.165, 1.54) is 48.5 Å². The average molecular weight is 408 g/mol. The van der Waals surface area contributed by atoms with E-state index in [2.05, 4.69) is 0 Å². The third-order valence-electron chi connectivity index (χ3n) is 5.67. The van der Waals surface area contributed by atoms with Gasteiger partial charge in [-0.15, -0.1) is 10.0 Å². The van der Waals surface area contributed by atoms with Gasteiger partial charge in [0, 0.05) is 19.6 Å². The highest BCUT2D eigenvalue weighted by molar-refractivity contribution is 8.34. The lowest BCUT2D eigenvalue weighted by atomic mass is 10.1. The van der Waals surface area contributed by atoms with Gasteiger partial charge in [-0.2, -0.15) is 0 Å². The van der Waals surface area contributed by atoms with Crippen LogP contribution < -0.4 is 0 Å². The summed E-state index contributed by atoms with van der Waals surface area (Å²) in [5.41, 5.74) is 3.07. The van der Waals surface area contributed by atoms with E-state index in [0.29, 0.717) is 19.6 Å². The van der Waals surface area contributed by atoms with Crippen molar-refractivity contribution >= 4 is 10.0 Å². The predicted octanol–water partition coefficient (Wildman–Crippen LogP) is 7.54. The fourth-order valence-corrected chi connectivity index (χ4v) is 9.21. The summed E-state index contributed by atoms with van der Waals surface area (Å²) in [5, 5.41) is 0. The van der Waals surface area contributed by atoms with Gasteiger partial charge in [-0.3, -0.25) is 0 Å². The van der Waals surface area contributed by atoms with Crippen LogP contribution in [0, 0.1) is 23.3 Å². The van der Waals surface area contributed by atoms with E-state index in [9.17, 15) is 17.6 Å². The fraction of sp³-hybridized carbons (Fsp3) is 0. The quantitative estimate of drug-likeness (QED) is 0.228. The molecule has 4 aromatic rings. The first-order valence-electron chi connectivity index (χ1n) is 9.02. The molecule has 0 atom stereocenters. The number of hydrogen-bond acceptors (Lipinski definition) is 0. The molecule has 2 heterocycles. The molecule has 142 valence electrons. The van der Waals surface area contributed by atoms with E-state index in [4.69, 9.17) is 0 Å². The Labute approximate surface area is 165 Å². The molecule has 1 spiro atoms. The standard InChI is InChI=1S/C24H12F4S/c25-13-1-5-17-18-6-2-14(26)10-22(18)29(21(17)9-13)23-11-15(27)3-7-19(23)20-8-4-16(28)12-24(20)29/h1-12H. The fourth-order valence-electron chi connectivity index (χ4n) is 4.60. The van der Waals surface area contributed by atoms with E-state index in [1.807, 2.05) is 0 Å². The van der Waals surface area contributed by atoms with Crippen LogP contribution in [0.2, 0.25) is 0 Å². The molecular formula is C24H12F4S. The summed E-state index contributed by atoms with van der Waals surface area (Å²) in [6.07, 6.45) is 0. The molecule has 29 heavy (non-hydrogen) atoms. The van der Waals surface area contributed by atoms with Gasteiger partial charge < -0.3 is 0 Å². The molecule has 5 heteroatoms. The van der Waals surface area contributed by atoms with Crippen molar-refractivity contribution in [3.8, 4) is 22.3 Å². The van der Waals surface area contributed by atoms with Crippen molar-refractivity contribution < 1.29 is 17.6 Å². The third-order valence-corrected chi connectivity index (χ3v) is 9.66. The molecule has 0 nitrogen and oxygen atoms in total. The third kappa shape index (κ3) is 2.01. The molecule has 0 unspecified atom stereocenters. The minimum atomic E-state index is -2.41. The van der Waals surface area contributed by atoms with Crippen LogP contribution in [0.3, 0.4) is 0 Å². The highest BCUT2D eigenvalue weighted by Crippen LogP contribution is 2.85. The minimum Gasteiger partial charge on any atom is -0.207 e.